The van der Waals surface area contributed by atoms with Crippen LogP contribution in [-0.2, 0) is 0 Å². The van der Waals surface area contributed by atoms with Gasteiger partial charge in [0.1, 0.15) is 0 Å². The number of nitrogens with one attached hydrogen (secondary N) is 1. The molecule has 3 nitrogen and oxygen atoms in total. The second kappa shape index (κ2) is 5.28. The highest BCUT2D eigenvalue weighted by molar-refractivity contribution is 5.95. The summed E-state index contributed by atoms with van der Waals surface area (Å²) in [5.74, 6) is -0.269. The molecule has 0 bridgehead atoms. The lowest BCUT2D eigenvalue weighted by Crippen LogP contribution is -2.48. The minimum absolute atomic E-state index is 0.265. The molecule has 2 N–H and O–H groups in total. The standard InChI is InChI=1S/C13H15NO2/c1-3-13(4-2,10-15)14-12(16)11-8-6-5-7-9-11/h3-9,15H,1-2,10H2,(H,14,16). The van der Waals surface area contributed by atoms with Gasteiger partial charge in [0.05, 0.1) is 12.1 Å². The third-order valence-electron chi connectivity index (χ3n) is 2.37. The van der Waals surface area contributed by atoms with E-state index in [0.717, 1.165) is 0 Å². The average molecular weight is 217 g/mol. The molecule has 0 saturated heterocycles. The van der Waals surface area contributed by atoms with Crippen LogP contribution in [0.1, 0.15) is 10.4 Å². The summed E-state index contributed by atoms with van der Waals surface area (Å²) in [4.78, 5) is 11.8. The fraction of sp³-hybridized carbons (Fsp3) is 0.154. The Balaban J connectivity index is 2.85. The van der Waals surface area contributed by atoms with Crippen LogP contribution in [0.3, 0.4) is 0 Å². The van der Waals surface area contributed by atoms with Crippen LogP contribution in [0.5, 0.6) is 0 Å². The molecule has 0 aliphatic rings. The highest BCUT2D eigenvalue weighted by atomic mass is 16.3. The van der Waals surface area contributed by atoms with Gasteiger partial charge in [-0.2, -0.15) is 0 Å². The van der Waals surface area contributed by atoms with Crippen molar-refractivity contribution in [3.63, 3.8) is 0 Å². The molecular formula is C13H15NO2. The number of hydrogen-bond donors (Lipinski definition) is 2. The lowest BCUT2D eigenvalue weighted by Gasteiger charge is -2.25. The van der Waals surface area contributed by atoms with E-state index in [1.807, 2.05) is 6.07 Å². The Morgan fingerprint density at radius 1 is 1.31 bits per heavy atom. The van der Waals surface area contributed by atoms with Crippen molar-refractivity contribution in [3.8, 4) is 0 Å². The monoisotopic (exact) mass is 217 g/mol. The van der Waals surface area contributed by atoms with Crippen molar-refractivity contribution in [3.05, 3.63) is 61.2 Å². The van der Waals surface area contributed by atoms with E-state index in [4.69, 9.17) is 0 Å². The van der Waals surface area contributed by atoms with Crippen LogP contribution in [0, 0.1) is 0 Å². The zero-order chi connectivity index (χ0) is 12.0. The normalized spacial score (nSPS) is 10.6. The molecule has 16 heavy (non-hydrogen) atoms. The molecule has 0 saturated carbocycles. The Morgan fingerprint density at radius 2 is 1.88 bits per heavy atom. The van der Waals surface area contributed by atoms with Crippen LogP contribution in [0.4, 0.5) is 0 Å². The third kappa shape index (κ3) is 2.58. The van der Waals surface area contributed by atoms with E-state index in [-0.39, 0.29) is 12.5 Å². The van der Waals surface area contributed by atoms with Gasteiger partial charge in [-0.3, -0.25) is 4.79 Å². The molecule has 0 heterocycles. The van der Waals surface area contributed by atoms with E-state index < -0.39 is 5.54 Å². The molecule has 0 aliphatic carbocycles. The minimum Gasteiger partial charge on any atom is -0.393 e. The zero-order valence-electron chi connectivity index (χ0n) is 9.02. The molecular weight excluding hydrogens is 202 g/mol. The number of amides is 1. The number of rotatable bonds is 5. The smallest absolute Gasteiger partial charge is 0.252 e. The van der Waals surface area contributed by atoms with Gasteiger partial charge < -0.3 is 10.4 Å². The van der Waals surface area contributed by atoms with Gasteiger partial charge in [-0.25, -0.2) is 0 Å². The van der Waals surface area contributed by atoms with Gasteiger partial charge in [0.2, 0.25) is 0 Å². The highest BCUT2D eigenvalue weighted by Crippen LogP contribution is 2.09. The van der Waals surface area contributed by atoms with Crippen LogP contribution in [0.2, 0.25) is 0 Å². The molecule has 0 spiro atoms. The van der Waals surface area contributed by atoms with E-state index in [2.05, 4.69) is 18.5 Å². The largest absolute Gasteiger partial charge is 0.393 e. The first-order chi connectivity index (χ1) is 7.67. The first kappa shape index (κ1) is 12.2. The highest BCUT2D eigenvalue weighted by Gasteiger charge is 2.24. The number of carbonyl (C=O) groups is 1. The summed E-state index contributed by atoms with van der Waals surface area (Å²) in [5.41, 5.74) is -0.434. The molecule has 1 aromatic carbocycles. The number of carbonyl (C=O) groups excluding carboxylic acids is 1. The van der Waals surface area contributed by atoms with Crippen LogP contribution in [0.15, 0.2) is 55.6 Å². The van der Waals surface area contributed by atoms with E-state index in [9.17, 15) is 9.90 Å². The minimum atomic E-state index is -0.965. The Morgan fingerprint density at radius 3 is 2.31 bits per heavy atom. The summed E-state index contributed by atoms with van der Waals surface area (Å²) in [6, 6.07) is 8.78. The fourth-order valence-corrected chi connectivity index (χ4v) is 1.23. The van der Waals surface area contributed by atoms with Crippen LogP contribution < -0.4 is 5.32 Å². The molecule has 0 unspecified atom stereocenters. The Kier molecular flexibility index (Phi) is 4.03. The molecule has 1 amide bonds. The second-order valence-electron chi connectivity index (χ2n) is 3.43. The summed E-state index contributed by atoms with van der Waals surface area (Å²) in [7, 11) is 0. The van der Waals surface area contributed by atoms with Gasteiger partial charge in [-0.1, -0.05) is 30.4 Å². The first-order valence-corrected chi connectivity index (χ1v) is 4.93. The molecule has 0 atom stereocenters. The first-order valence-electron chi connectivity index (χ1n) is 4.93. The van der Waals surface area contributed by atoms with Gasteiger partial charge in [-0.05, 0) is 12.1 Å². The lowest BCUT2D eigenvalue weighted by molar-refractivity contribution is 0.0904. The summed E-state index contributed by atoms with van der Waals surface area (Å²) in [6.07, 6.45) is 2.92. The van der Waals surface area contributed by atoms with E-state index in [1.54, 1.807) is 24.3 Å². The van der Waals surface area contributed by atoms with Crippen molar-refractivity contribution in [1.82, 2.24) is 5.32 Å². The zero-order valence-corrected chi connectivity index (χ0v) is 9.02. The summed E-state index contributed by atoms with van der Waals surface area (Å²) in [5, 5.41) is 11.9. The van der Waals surface area contributed by atoms with Crippen molar-refractivity contribution < 1.29 is 9.90 Å². The molecule has 1 aromatic rings. The van der Waals surface area contributed by atoms with E-state index >= 15 is 0 Å². The summed E-state index contributed by atoms with van der Waals surface area (Å²) < 4.78 is 0. The van der Waals surface area contributed by atoms with Gasteiger partial charge in [-0.15, -0.1) is 13.2 Å². The van der Waals surface area contributed by atoms with Crippen molar-refractivity contribution in [1.29, 1.82) is 0 Å². The molecule has 0 aliphatic heterocycles. The van der Waals surface area contributed by atoms with E-state index in [1.165, 1.54) is 12.2 Å². The maximum absolute atomic E-state index is 11.8. The van der Waals surface area contributed by atoms with Gasteiger partial charge >= 0.3 is 0 Å². The van der Waals surface area contributed by atoms with Crippen molar-refractivity contribution in [2.75, 3.05) is 6.61 Å². The molecule has 3 heteroatoms. The van der Waals surface area contributed by atoms with E-state index in [0.29, 0.717) is 5.56 Å². The van der Waals surface area contributed by atoms with Gasteiger partial charge in [0, 0.05) is 5.56 Å². The SMILES string of the molecule is C=CC(C=C)(CO)NC(=O)c1ccccc1. The Labute approximate surface area is 95.1 Å². The molecule has 1 rings (SSSR count). The number of aliphatic hydroxyl groups is 1. The molecule has 0 fully saturated rings. The van der Waals surface area contributed by atoms with Crippen molar-refractivity contribution >= 4 is 5.91 Å². The maximum atomic E-state index is 11.8. The van der Waals surface area contributed by atoms with Crippen molar-refractivity contribution in [2.24, 2.45) is 0 Å². The quantitative estimate of drug-likeness (QED) is 0.735. The lowest BCUT2D eigenvalue weighted by atomic mass is 10.0. The number of benzene rings is 1. The predicted molar refractivity (Wildman–Crippen MR) is 64.1 cm³/mol. The average Bonchev–Trinajstić information content (AvgIpc) is 2.37. The predicted octanol–water partition coefficient (Wildman–Crippen LogP) is 1.52. The second-order valence-corrected chi connectivity index (χ2v) is 3.43. The maximum Gasteiger partial charge on any atom is 0.252 e. The summed E-state index contributed by atoms with van der Waals surface area (Å²) in [6.45, 7) is 6.89. The van der Waals surface area contributed by atoms with Crippen LogP contribution in [-0.4, -0.2) is 23.2 Å². The van der Waals surface area contributed by atoms with Crippen LogP contribution >= 0.6 is 0 Å². The summed E-state index contributed by atoms with van der Waals surface area (Å²) >= 11 is 0. The fourth-order valence-electron chi connectivity index (χ4n) is 1.23. The number of hydrogen-bond acceptors (Lipinski definition) is 2. The molecule has 0 radical (unpaired) electrons. The van der Waals surface area contributed by atoms with Gasteiger partial charge in [0.15, 0.2) is 0 Å². The molecule has 84 valence electrons. The van der Waals surface area contributed by atoms with Gasteiger partial charge in [0.25, 0.3) is 5.91 Å². The van der Waals surface area contributed by atoms with Crippen molar-refractivity contribution in [2.45, 2.75) is 5.54 Å². The number of aliphatic hydroxyl groups excluding tert-OH is 1. The molecule has 0 aromatic heterocycles. The Bertz CT molecular complexity index is 376. The topological polar surface area (TPSA) is 49.3 Å². The van der Waals surface area contributed by atoms with Crippen LogP contribution in [0.25, 0.3) is 0 Å². The Hall–Kier alpha value is -1.87. The third-order valence-corrected chi connectivity index (χ3v) is 2.37.